The minimum atomic E-state index is -0.589. The van der Waals surface area contributed by atoms with Crippen LogP contribution in [0.2, 0.25) is 0 Å². The maximum Gasteiger partial charge on any atom is 0.307 e. The fraction of sp³-hybridized carbons (Fsp3) is 0.731. The van der Waals surface area contributed by atoms with Crippen LogP contribution in [0.25, 0.3) is 0 Å². The topological polar surface area (TPSA) is 81.7 Å². The van der Waals surface area contributed by atoms with E-state index in [2.05, 4.69) is 12.2 Å². The van der Waals surface area contributed by atoms with Crippen molar-refractivity contribution in [2.45, 2.75) is 110 Å². The Morgan fingerprint density at radius 1 is 1.06 bits per heavy atom. The number of ether oxygens (including phenoxy) is 2. The number of hydrogen-bond donors (Lipinski definition) is 1. The van der Waals surface area contributed by atoms with Gasteiger partial charge >= 0.3 is 11.9 Å². The monoisotopic (exact) mass is 481 g/mol. The van der Waals surface area contributed by atoms with E-state index in [1.54, 1.807) is 11.3 Å². The molecule has 0 aliphatic carbocycles. The van der Waals surface area contributed by atoms with Crippen molar-refractivity contribution in [3.63, 3.8) is 0 Å². The smallest absolute Gasteiger partial charge is 0.307 e. The second kappa shape index (κ2) is 15.9. The van der Waals surface area contributed by atoms with Crippen molar-refractivity contribution in [3.05, 3.63) is 22.4 Å². The summed E-state index contributed by atoms with van der Waals surface area (Å²) >= 11 is 1.60. The normalized spacial score (nSPS) is 13.2. The number of unbranched alkanes of at least 4 members (excludes halogenated alkanes) is 6. The van der Waals surface area contributed by atoms with Crippen LogP contribution in [-0.2, 0) is 30.3 Å². The van der Waals surface area contributed by atoms with Crippen LogP contribution in [-0.4, -0.2) is 36.1 Å². The molecule has 1 aromatic heterocycles. The number of nitrogens with one attached hydrogen (secondary N) is 1. The van der Waals surface area contributed by atoms with Crippen molar-refractivity contribution in [2.75, 3.05) is 6.61 Å². The molecule has 2 atom stereocenters. The third kappa shape index (κ3) is 14.8. The molecule has 0 fully saturated rings. The molecule has 0 radical (unpaired) electrons. The minimum absolute atomic E-state index is 0.0538. The molecule has 0 spiro atoms. The van der Waals surface area contributed by atoms with E-state index in [0.717, 1.165) is 24.1 Å². The van der Waals surface area contributed by atoms with Crippen molar-refractivity contribution < 1.29 is 23.9 Å². The quantitative estimate of drug-likeness (QED) is 0.237. The van der Waals surface area contributed by atoms with Crippen LogP contribution in [0, 0.1) is 5.92 Å². The lowest BCUT2D eigenvalue weighted by Gasteiger charge is -2.24. The first-order valence-electron chi connectivity index (χ1n) is 12.3. The highest BCUT2D eigenvalue weighted by molar-refractivity contribution is 7.09. The van der Waals surface area contributed by atoms with Crippen LogP contribution in [0.1, 0.15) is 97.3 Å². The van der Waals surface area contributed by atoms with Crippen molar-refractivity contribution in [2.24, 2.45) is 5.92 Å². The molecule has 0 aromatic carbocycles. The summed E-state index contributed by atoms with van der Waals surface area (Å²) in [6.07, 6.45) is 9.30. The zero-order valence-corrected chi connectivity index (χ0v) is 21.9. The maximum atomic E-state index is 13.2. The first-order chi connectivity index (χ1) is 15.6. The highest BCUT2D eigenvalue weighted by atomic mass is 32.1. The molecule has 33 heavy (non-hydrogen) atoms. The van der Waals surface area contributed by atoms with E-state index in [9.17, 15) is 14.4 Å². The van der Waals surface area contributed by atoms with Crippen molar-refractivity contribution in [1.82, 2.24) is 5.32 Å². The Morgan fingerprint density at radius 2 is 1.73 bits per heavy atom. The molecule has 1 aromatic rings. The molecule has 0 aliphatic rings. The van der Waals surface area contributed by atoms with E-state index in [-0.39, 0.29) is 36.9 Å². The third-order valence-corrected chi connectivity index (χ3v) is 6.12. The first-order valence-corrected chi connectivity index (χ1v) is 13.2. The van der Waals surface area contributed by atoms with Gasteiger partial charge in [-0.3, -0.25) is 14.4 Å². The van der Waals surface area contributed by atoms with E-state index < -0.39 is 11.5 Å². The zero-order chi connectivity index (χ0) is 24.7. The maximum absolute atomic E-state index is 13.2. The van der Waals surface area contributed by atoms with Gasteiger partial charge in [0.25, 0.3) is 0 Å². The van der Waals surface area contributed by atoms with E-state index in [1.807, 2.05) is 38.3 Å². The highest BCUT2D eigenvalue weighted by Crippen LogP contribution is 2.20. The van der Waals surface area contributed by atoms with E-state index in [4.69, 9.17) is 9.47 Å². The summed E-state index contributed by atoms with van der Waals surface area (Å²) in [5.41, 5.74) is -0.589. The third-order valence-electron chi connectivity index (χ3n) is 5.22. The SMILES string of the molecule is CCCCCCCCC[C@H](CC(=O)OC(C)(C)C)C(=O)N[C@H](COC(C)=O)Cc1cccs1. The van der Waals surface area contributed by atoms with Crippen molar-refractivity contribution >= 4 is 29.2 Å². The average molecular weight is 482 g/mol. The lowest BCUT2D eigenvalue weighted by Crippen LogP contribution is -2.44. The Labute approximate surface area is 203 Å². The largest absolute Gasteiger partial charge is 0.464 e. The molecule has 188 valence electrons. The van der Waals surface area contributed by atoms with Gasteiger partial charge in [-0.15, -0.1) is 11.3 Å². The van der Waals surface area contributed by atoms with Gasteiger partial charge in [0.2, 0.25) is 5.91 Å². The number of thiophene rings is 1. The molecule has 0 aliphatic heterocycles. The van der Waals surface area contributed by atoms with E-state index in [0.29, 0.717) is 12.8 Å². The predicted molar refractivity (Wildman–Crippen MR) is 133 cm³/mol. The molecule has 1 heterocycles. The van der Waals surface area contributed by atoms with Crippen LogP contribution in [0.5, 0.6) is 0 Å². The molecular weight excluding hydrogens is 438 g/mol. The minimum Gasteiger partial charge on any atom is -0.464 e. The second-order valence-corrected chi connectivity index (χ2v) is 10.7. The van der Waals surface area contributed by atoms with Crippen molar-refractivity contribution in [1.29, 1.82) is 0 Å². The molecule has 0 unspecified atom stereocenters. The van der Waals surface area contributed by atoms with Gasteiger partial charge in [-0.25, -0.2) is 0 Å². The van der Waals surface area contributed by atoms with Crippen molar-refractivity contribution in [3.8, 4) is 0 Å². The van der Waals surface area contributed by atoms with Gasteiger partial charge in [0, 0.05) is 24.1 Å². The molecule has 0 bridgehead atoms. The lowest BCUT2D eigenvalue weighted by molar-refractivity contribution is -0.157. The summed E-state index contributed by atoms with van der Waals surface area (Å²) in [5.74, 6) is -1.38. The summed E-state index contributed by atoms with van der Waals surface area (Å²) in [7, 11) is 0. The fourth-order valence-corrected chi connectivity index (χ4v) is 4.40. The summed E-state index contributed by atoms with van der Waals surface area (Å²) < 4.78 is 10.7. The van der Waals surface area contributed by atoms with Gasteiger partial charge in [0.15, 0.2) is 0 Å². The van der Waals surface area contributed by atoms with Gasteiger partial charge in [0.1, 0.15) is 12.2 Å². The van der Waals surface area contributed by atoms with Gasteiger partial charge < -0.3 is 14.8 Å². The Hall–Kier alpha value is -1.89. The summed E-state index contributed by atoms with van der Waals surface area (Å²) in [6.45, 7) is 9.14. The molecule has 1 N–H and O–H groups in total. The number of rotatable bonds is 16. The van der Waals surface area contributed by atoms with Crippen LogP contribution in [0.4, 0.5) is 0 Å². The summed E-state index contributed by atoms with van der Waals surface area (Å²) in [5, 5.41) is 5.01. The second-order valence-electron chi connectivity index (χ2n) is 9.69. The Morgan fingerprint density at radius 3 is 2.30 bits per heavy atom. The van der Waals surface area contributed by atoms with E-state index >= 15 is 0 Å². The first kappa shape index (κ1) is 29.1. The molecule has 0 saturated heterocycles. The molecule has 6 nitrogen and oxygen atoms in total. The predicted octanol–water partition coefficient (Wildman–Crippen LogP) is 5.83. The summed E-state index contributed by atoms with van der Waals surface area (Å²) in [6, 6.07) is 3.61. The molecular formula is C26H43NO5S. The number of esters is 2. The van der Waals surface area contributed by atoms with Gasteiger partial charge in [0.05, 0.1) is 12.5 Å². The zero-order valence-electron chi connectivity index (χ0n) is 21.1. The number of hydrogen-bond acceptors (Lipinski definition) is 6. The lowest BCUT2D eigenvalue weighted by atomic mass is 9.95. The van der Waals surface area contributed by atoms with Gasteiger partial charge in [-0.2, -0.15) is 0 Å². The number of carbonyl (C=O) groups excluding carboxylic acids is 3. The molecule has 0 saturated carbocycles. The van der Waals surface area contributed by atoms with Gasteiger partial charge in [-0.1, -0.05) is 57.9 Å². The highest BCUT2D eigenvalue weighted by Gasteiger charge is 2.27. The van der Waals surface area contributed by atoms with Gasteiger partial charge in [-0.05, 0) is 38.6 Å². The molecule has 1 amide bonds. The Kier molecular flexibility index (Phi) is 14.0. The van der Waals surface area contributed by atoms with Crippen LogP contribution < -0.4 is 5.32 Å². The van der Waals surface area contributed by atoms with Crippen LogP contribution in [0.3, 0.4) is 0 Å². The average Bonchev–Trinajstić information content (AvgIpc) is 3.22. The van der Waals surface area contributed by atoms with Crippen LogP contribution >= 0.6 is 11.3 Å². The fourth-order valence-electron chi connectivity index (χ4n) is 3.62. The number of carbonyl (C=O) groups is 3. The summed E-state index contributed by atoms with van der Waals surface area (Å²) in [4.78, 5) is 38.1. The molecule has 7 heteroatoms. The van der Waals surface area contributed by atoms with Crippen LogP contribution in [0.15, 0.2) is 17.5 Å². The van der Waals surface area contributed by atoms with E-state index in [1.165, 1.54) is 32.6 Å². The Bertz CT molecular complexity index is 696. The number of amides is 1. The Balaban J connectivity index is 2.73. The standard InChI is InChI=1S/C26H43NO5S/c1-6-7-8-9-10-11-12-14-21(17-24(29)32-26(3,4)5)25(30)27-22(19-31-20(2)28)18-23-15-13-16-33-23/h13,15-16,21-22H,6-12,14,17-19H2,1-5H3,(H,27,30)/t21-,22+/m1/s1. The molecule has 1 rings (SSSR count).